The molecule has 51 heavy (non-hydrogen) atoms. The summed E-state index contributed by atoms with van der Waals surface area (Å²) in [6.07, 6.45) is -8.37. The number of amides is 2. The summed E-state index contributed by atoms with van der Waals surface area (Å²) in [6.45, 7) is 1.32. The smallest absolute Gasteiger partial charge is 0.464 e. The van der Waals surface area contributed by atoms with Crippen molar-refractivity contribution in [1.82, 2.24) is 4.98 Å². The molecule has 2 bridgehead atoms. The van der Waals surface area contributed by atoms with Crippen molar-refractivity contribution in [3.63, 3.8) is 0 Å². The monoisotopic (exact) mass is 735 g/mol. The van der Waals surface area contributed by atoms with Gasteiger partial charge in [0, 0.05) is 45.2 Å². The number of ether oxygens (including phenoxy) is 1. The third-order valence-corrected chi connectivity index (χ3v) is 8.55. The zero-order valence-corrected chi connectivity index (χ0v) is 27.5. The van der Waals surface area contributed by atoms with Crippen molar-refractivity contribution >= 4 is 40.8 Å². The van der Waals surface area contributed by atoms with Crippen LogP contribution in [0.5, 0.6) is 0 Å². The molecule has 0 fully saturated rings. The Morgan fingerprint density at radius 3 is 2.29 bits per heavy atom. The fourth-order valence-corrected chi connectivity index (χ4v) is 6.19. The van der Waals surface area contributed by atoms with Gasteiger partial charge in [-0.05, 0) is 73.4 Å². The first-order valence-corrected chi connectivity index (χ1v) is 16.1. The van der Waals surface area contributed by atoms with Gasteiger partial charge in [-0.25, -0.2) is 9.18 Å². The highest BCUT2D eigenvalue weighted by atomic mass is 35.5. The minimum atomic E-state index is -5.37. The third-order valence-electron chi connectivity index (χ3n) is 8.31. The number of hydrogen-bond donors (Lipinski definition) is 1. The maximum atomic E-state index is 14.7. The highest BCUT2D eigenvalue weighted by molar-refractivity contribution is 6.31. The molecule has 5 rings (SSSR count). The summed E-state index contributed by atoms with van der Waals surface area (Å²) in [7, 11) is 0. The van der Waals surface area contributed by atoms with E-state index in [9.17, 15) is 45.1 Å². The van der Waals surface area contributed by atoms with Crippen LogP contribution in [0.1, 0.15) is 49.8 Å². The van der Waals surface area contributed by atoms with Crippen LogP contribution in [0.4, 0.5) is 42.1 Å². The molecule has 268 valence electrons. The van der Waals surface area contributed by atoms with E-state index in [2.05, 4.69) is 4.98 Å². The molecule has 0 saturated heterocycles. The van der Waals surface area contributed by atoms with Crippen LogP contribution in [-0.4, -0.2) is 47.8 Å². The van der Waals surface area contributed by atoms with E-state index in [4.69, 9.17) is 16.3 Å². The van der Waals surface area contributed by atoms with E-state index >= 15 is 0 Å². The van der Waals surface area contributed by atoms with E-state index in [0.29, 0.717) is 34.6 Å². The molecule has 15 heteroatoms. The Bertz CT molecular complexity index is 1930. The van der Waals surface area contributed by atoms with Gasteiger partial charge in [0.2, 0.25) is 0 Å². The summed E-state index contributed by atoms with van der Waals surface area (Å²) in [5.74, 6) is -6.74. The van der Waals surface area contributed by atoms with Crippen LogP contribution in [0.2, 0.25) is 5.02 Å². The highest BCUT2D eigenvalue weighted by Gasteiger charge is 2.48. The summed E-state index contributed by atoms with van der Waals surface area (Å²) < 4.78 is 101. The zero-order valence-electron chi connectivity index (χ0n) is 26.7. The van der Waals surface area contributed by atoms with Gasteiger partial charge in [-0.3, -0.25) is 19.5 Å². The molecule has 7 nitrogen and oxygen atoms in total. The standard InChI is InChI=1S/C36H29ClF7N3O4/c1-2-51-32(48)31-9-4-3-8-25(28-13-10-22(19-45-28)26-17-23(37)11-14-29(26)46-33(49)35(39,40)41)20-6-5-7-21(16-20)27-18-24(38)12-15-30(27)47(31)34(50)36(42,43)44/h5-7,10-19,25,31H,2-4,8-9H2,1H3,(H,46,49). The van der Waals surface area contributed by atoms with Crippen molar-refractivity contribution < 1.29 is 49.9 Å². The Labute approximate surface area is 292 Å². The van der Waals surface area contributed by atoms with Gasteiger partial charge in [-0.2, -0.15) is 26.3 Å². The van der Waals surface area contributed by atoms with Gasteiger partial charge in [0.15, 0.2) is 0 Å². The number of rotatable bonds is 5. The van der Waals surface area contributed by atoms with Gasteiger partial charge in [0.05, 0.1) is 12.3 Å². The van der Waals surface area contributed by atoms with Crippen LogP contribution >= 0.6 is 11.6 Å². The molecule has 0 radical (unpaired) electrons. The lowest BCUT2D eigenvalue weighted by Gasteiger charge is -2.33. The van der Waals surface area contributed by atoms with Gasteiger partial charge >= 0.3 is 30.1 Å². The van der Waals surface area contributed by atoms with Crippen molar-refractivity contribution in [2.75, 3.05) is 16.8 Å². The lowest BCUT2D eigenvalue weighted by molar-refractivity contribution is -0.172. The molecule has 0 spiro atoms. The predicted octanol–water partition coefficient (Wildman–Crippen LogP) is 9.24. The van der Waals surface area contributed by atoms with Crippen LogP contribution in [-0.2, 0) is 19.1 Å². The number of benzene rings is 3. The van der Waals surface area contributed by atoms with Gasteiger partial charge < -0.3 is 10.1 Å². The number of fused-ring (bicyclic) bond motifs is 4. The molecule has 3 aromatic carbocycles. The number of hydrogen-bond acceptors (Lipinski definition) is 5. The summed E-state index contributed by atoms with van der Waals surface area (Å²) in [5, 5.41) is 2.05. The second-order valence-electron chi connectivity index (χ2n) is 11.7. The molecule has 4 aromatic rings. The first kappa shape index (κ1) is 37.3. The van der Waals surface area contributed by atoms with Gasteiger partial charge in [0.1, 0.15) is 11.9 Å². The van der Waals surface area contributed by atoms with Crippen molar-refractivity contribution in [3.8, 4) is 22.3 Å². The van der Waals surface area contributed by atoms with E-state index in [1.165, 1.54) is 37.4 Å². The number of nitrogens with zero attached hydrogens (tertiary/aromatic N) is 2. The average molecular weight is 736 g/mol. The number of halogens is 8. The summed E-state index contributed by atoms with van der Waals surface area (Å²) in [5.41, 5.74) is 1.42. The topological polar surface area (TPSA) is 88.6 Å². The molecule has 1 aromatic heterocycles. The maximum absolute atomic E-state index is 14.7. The third kappa shape index (κ3) is 8.50. The maximum Gasteiger partial charge on any atom is 0.471 e. The average Bonchev–Trinajstić information content (AvgIpc) is 3.07. The minimum absolute atomic E-state index is 0.0687. The number of alkyl halides is 6. The molecule has 0 saturated carbocycles. The van der Waals surface area contributed by atoms with Crippen molar-refractivity contribution in [1.29, 1.82) is 0 Å². The Balaban J connectivity index is 1.59. The molecule has 2 amide bonds. The molecule has 0 aliphatic carbocycles. The van der Waals surface area contributed by atoms with E-state index in [1.54, 1.807) is 30.3 Å². The van der Waals surface area contributed by atoms with Crippen LogP contribution in [0, 0.1) is 5.82 Å². The summed E-state index contributed by atoms with van der Waals surface area (Å²) in [4.78, 5) is 42.7. The Morgan fingerprint density at radius 2 is 1.63 bits per heavy atom. The van der Waals surface area contributed by atoms with Crippen molar-refractivity contribution in [3.05, 3.63) is 101 Å². The number of nitrogens with one attached hydrogen (secondary N) is 1. The second-order valence-corrected chi connectivity index (χ2v) is 12.1. The first-order valence-electron chi connectivity index (χ1n) is 15.7. The van der Waals surface area contributed by atoms with E-state index in [1.807, 2.05) is 5.32 Å². The van der Waals surface area contributed by atoms with Gasteiger partial charge in [-0.1, -0.05) is 54.8 Å². The van der Waals surface area contributed by atoms with Gasteiger partial charge in [0.25, 0.3) is 0 Å². The van der Waals surface area contributed by atoms with Crippen LogP contribution in [0.15, 0.2) is 79.0 Å². The Kier molecular flexibility index (Phi) is 11.0. The van der Waals surface area contributed by atoms with Crippen LogP contribution in [0.3, 0.4) is 0 Å². The summed E-state index contributed by atoms with van der Waals surface area (Å²) >= 11 is 6.13. The number of esters is 1. The molecular formula is C36H29ClF7N3O4. The number of pyridine rings is 1. The van der Waals surface area contributed by atoms with Gasteiger partial charge in [-0.15, -0.1) is 0 Å². The number of aromatic nitrogens is 1. The Hall–Kier alpha value is -4.98. The lowest BCUT2D eigenvalue weighted by Crippen LogP contribution is -2.51. The fourth-order valence-electron chi connectivity index (χ4n) is 6.02. The normalized spacial score (nSPS) is 16.7. The lowest BCUT2D eigenvalue weighted by atomic mass is 9.86. The molecular weight excluding hydrogens is 707 g/mol. The first-order chi connectivity index (χ1) is 24.1. The van der Waals surface area contributed by atoms with E-state index in [0.717, 1.165) is 18.2 Å². The molecule has 1 aliphatic rings. The van der Waals surface area contributed by atoms with Crippen LogP contribution in [0.25, 0.3) is 22.3 Å². The number of carbonyl (C=O) groups excluding carboxylic acids is 3. The van der Waals surface area contributed by atoms with E-state index < -0.39 is 47.9 Å². The number of anilines is 2. The largest absolute Gasteiger partial charge is 0.471 e. The van der Waals surface area contributed by atoms with E-state index in [-0.39, 0.29) is 52.5 Å². The second kappa shape index (κ2) is 15.1. The molecule has 1 aliphatic heterocycles. The highest BCUT2D eigenvalue weighted by Crippen LogP contribution is 2.40. The Morgan fingerprint density at radius 1 is 0.882 bits per heavy atom. The SMILES string of the molecule is CCOC(=O)C1CCCCC(c2ccc(-c3cc(Cl)ccc3NC(=O)C(F)(F)F)cn2)c2cccc(c2)-c2cc(F)ccc2N1C(=O)C(F)(F)F. The molecule has 1 N–H and O–H groups in total. The van der Waals surface area contributed by atoms with Crippen molar-refractivity contribution in [2.24, 2.45) is 0 Å². The van der Waals surface area contributed by atoms with Crippen molar-refractivity contribution in [2.45, 2.75) is 56.9 Å². The molecule has 2 atom stereocenters. The minimum Gasteiger partial charge on any atom is -0.464 e. The quantitative estimate of drug-likeness (QED) is 0.163. The number of carbonyl (C=O) groups is 3. The predicted molar refractivity (Wildman–Crippen MR) is 175 cm³/mol. The molecule has 2 unspecified atom stereocenters. The zero-order chi connectivity index (χ0) is 37.1. The fraction of sp³-hybridized carbons (Fsp3) is 0.278. The molecule has 2 heterocycles. The summed E-state index contributed by atoms with van der Waals surface area (Å²) in [6, 6.07) is 15.0. The van der Waals surface area contributed by atoms with Crippen LogP contribution < -0.4 is 10.2 Å².